The SMILES string of the molecule is O=C(CC[C@@H]1NC(=O)N(CCc2ccccc2)C1=O)Nc1nccs1. The van der Waals surface area contributed by atoms with E-state index in [-0.39, 0.29) is 24.7 Å². The summed E-state index contributed by atoms with van der Waals surface area (Å²) in [5.41, 5.74) is 1.06. The summed E-state index contributed by atoms with van der Waals surface area (Å²) in [7, 11) is 0. The molecule has 4 amide bonds. The Balaban J connectivity index is 1.48. The third kappa shape index (κ3) is 4.42. The number of thiazole rings is 1. The Morgan fingerprint density at radius 2 is 2.08 bits per heavy atom. The van der Waals surface area contributed by atoms with Crippen LogP contribution in [-0.4, -0.2) is 40.3 Å². The fourth-order valence-corrected chi connectivity index (χ4v) is 3.16. The van der Waals surface area contributed by atoms with E-state index in [1.165, 1.54) is 16.2 Å². The van der Waals surface area contributed by atoms with Crippen LogP contribution in [0.2, 0.25) is 0 Å². The molecule has 3 rings (SSSR count). The number of aromatic nitrogens is 1. The number of rotatable bonds is 7. The van der Waals surface area contributed by atoms with Crippen molar-refractivity contribution in [1.82, 2.24) is 15.2 Å². The van der Waals surface area contributed by atoms with Crippen LogP contribution in [0, 0.1) is 0 Å². The first kappa shape index (κ1) is 17.1. The van der Waals surface area contributed by atoms with Gasteiger partial charge in [-0.3, -0.25) is 14.5 Å². The Morgan fingerprint density at radius 1 is 1.28 bits per heavy atom. The van der Waals surface area contributed by atoms with Crippen molar-refractivity contribution in [2.75, 3.05) is 11.9 Å². The van der Waals surface area contributed by atoms with Gasteiger partial charge in [-0.15, -0.1) is 11.3 Å². The Labute approximate surface area is 149 Å². The predicted octanol–water partition coefficient (Wildman–Crippen LogP) is 2.02. The smallest absolute Gasteiger partial charge is 0.324 e. The lowest BCUT2D eigenvalue weighted by atomic mass is 10.1. The zero-order valence-corrected chi connectivity index (χ0v) is 14.3. The molecule has 1 aromatic heterocycles. The summed E-state index contributed by atoms with van der Waals surface area (Å²) >= 11 is 1.33. The van der Waals surface area contributed by atoms with E-state index in [0.29, 0.717) is 18.1 Å². The number of imide groups is 1. The van der Waals surface area contributed by atoms with Gasteiger partial charge in [-0.2, -0.15) is 0 Å². The normalized spacial score (nSPS) is 16.8. The second-order valence-electron chi connectivity index (χ2n) is 5.65. The van der Waals surface area contributed by atoms with Gasteiger partial charge in [-0.1, -0.05) is 30.3 Å². The van der Waals surface area contributed by atoms with Crippen molar-refractivity contribution in [3.63, 3.8) is 0 Å². The summed E-state index contributed by atoms with van der Waals surface area (Å²) in [6.45, 7) is 0.330. The maximum Gasteiger partial charge on any atom is 0.324 e. The summed E-state index contributed by atoms with van der Waals surface area (Å²) in [5, 5.41) is 7.60. The number of amides is 4. The minimum Gasteiger partial charge on any atom is -0.326 e. The first-order chi connectivity index (χ1) is 12.1. The molecule has 0 saturated carbocycles. The Kier molecular flexibility index (Phi) is 5.39. The number of hydrogen-bond acceptors (Lipinski definition) is 5. The van der Waals surface area contributed by atoms with Crippen LogP contribution in [0.25, 0.3) is 0 Å². The van der Waals surface area contributed by atoms with Gasteiger partial charge in [0.2, 0.25) is 5.91 Å². The van der Waals surface area contributed by atoms with Gasteiger partial charge in [-0.05, 0) is 18.4 Å². The van der Waals surface area contributed by atoms with Crippen LogP contribution < -0.4 is 10.6 Å². The quantitative estimate of drug-likeness (QED) is 0.741. The molecule has 0 aliphatic carbocycles. The Hall–Kier alpha value is -2.74. The molecule has 1 fully saturated rings. The van der Waals surface area contributed by atoms with Gasteiger partial charge < -0.3 is 10.6 Å². The van der Waals surface area contributed by atoms with Crippen molar-refractivity contribution >= 4 is 34.3 Å². The van der Waals surface area contributed by atoms with Gasteiger partial charge in [0.05, 0.1) is 0 Å². The minimum absolute atomic E-state index is 0.142. The van der Waals surface area contributed by atoms with E-state index in [1.807, 2.05) is 30.3 Å². The van der Waals surface area contributed by atoms with E-state index in [0.717, 1.165) is 5.56 Å². The highest BCUT2D eigenvalue weighted by Gasteiger charge is 2.37. The maximum atomic E-state index is 12.4. The molecule has 130 valence electrons. The largest absolute Gasteiger partial charge is 0.326 e. The molecule has 0 radical (unpaired) electrons. The summed E-state index contributed by atoms with van der Waals surface area (Å²) < 4.78 is 0. The van der Waals surface area contributed by atoms with Gasteiger partial charge in [0, 0.05) is 24.5 Å². The zero-order valence-electron chi connectivity index (χ0n) is 13.5. The molecule has 2 aromatic rings. The topological polar surface area (TPSA) is 91.4 Å². The van der Waals surface area contributed by atoms with E-state index in [9.17, 15) is 14.4 Å². The summed E-state index contributed by atoms with van der Waals surface area (Å²) in [4.78, 5) is 41.4. The number of hydrogen-bond donors (Lipinski definition) is 2. The summed E-state index contributed by atoms with van der Waals surface area (Å²) in [5.74, 6) is -0.497. The average Bonchev–Trinajstić information content (AvgIpc) is 3.21. The van der Waals surface area contributed by atoms with Gasteiger partial charge in [-0.25, -0.2) is 9.78 Å². The number of urea groups is 1. The molecule has 2 heterocycles. The predicted molar refractivity (Wildman–Crippen MR) is 94.2 cm³/mol. The van der Waals surface area contributed by atoms with E-state index < -0.39 is 12.1 Å². The fourth-order valence-electron chi connectivity index (χ4n) is 2.61. The monoisotopic (exact) mass is 358 g/mol. The van der Waals surface area contributed by atoms with Gasteiger partial charge in [0.15, 0.2) is 5.13 Å². The molecule has 2 N–H and O–H groups in total. The van der Waals surface area contributed by atoms with E-state index >= 15 is 0 Å². The number of anilines is 1. The van der Waals surface area contributed by atoms with Crippen molar-refractivity contribution in [1.29, 1.82) is 0 Å². The van der Waals surface area contributed by atoms with E-state index in [1.54, 1.807) is 11.6 Å². The fraction of sp³-hybridized carbons (Fsp3) is 0.294. The standard InChI is InChI=1S/C17H18N4O3S/c22-14(20-16-18-9-11-25-16)7-6-13-15(23)21(17(24)19-13)10-8-12-4-2-1-3-5-12/h1-5,9,11,13H,6-8,10H2,(H,19,24)(H,18,20,22)/t13-/m0/s1. The number of nitrogens with one attached hydrogen (secondary N) is 2. The van der Waals surface area contributed by atoms with Crippen molar-refractivity contribution in [3.8, 4) is 0 Å². The summed E-state index contributed by atoms with van der Waals surface area (Å²) in [6.07, 6.45) is 2.62. The van der Waals surface area contributed by atoms with Crippen LogP contribution in [0.15, 0.2) is 41.9 Å². The molecule has 0 bridgehead atoms. The number of carbonyl (C=O) groups excluding carboxylic acids is 3. The number of benzene rings is 1. The molecule has 7 nitrogen and oxygen atoms in total. The molecule has 1 atom stereocenters. The third-order valence-electron chi connectivity index (χ3n) is 3.91. The van der Waals surface area contributed by atoms with E-state index in [2.05, 4.69) is 15.6 Å². The highest BCUT2D eigenvalue weighted by molar-refractivity contribution is 7.13. The minimum atomic E-state index is -0.648. The first-order valence-corrected chi connectivity index (χ1v) is 8.86. The highest BCUT2D eigenvalue weighted by Crippen LogP contribution is 2.15. The Morgan fingerprint density at radius 3 is 2.80 bits per heavy atom. The van der Waals surface area contributed by atoms with Crippen LogP contribution in [0.1, 0.15) is 18.4 Å². The van der Waals surface area contributed by atoms with Gasteiger partial charge in [0.25, 0.3) is 5.91 Å². The van der Waals surface area contributed by atoms with Crippen LogP contribution >= 0.6 is 11.3 Å². The molecule has 0 unspecified atom stereocenters. The molecule has 25 heavy (non-hydrogen) atoms. The highest BCUT2D eigenvalue weighted by atomic mass is 32.1. The second-order valence-corrected chi connectivity index (χ2v) is 6.55. The lowest BCUT2D eigenvalue weighted by Gasteiger charge is -2.13. The molecule has 1 aliphatic rings. The maximum absolute atomic E-state index is 12.4. The third-order valence-corrected chi connectivity index (χ3v) is 4.60. The summed E-state index contributed by atoms with van der Waals surface area (Å²) in [6, 6.07) is 8.63. The Bertz CT molecular complexity index is 749. The molecular weight excluding hydrogens is 340 g/mol. The molecule has 8 heteroatoms. The first-order valence-electron chi connectivity index (χ1n) is 7.98. The number of carbonyl (C=O) groups is 3. The number of nitrogens with zero attached hydrogens (tertiary/aromatic N) is 2. The lowest BCUT2D eigenvalue weighted by Crippen LogP contribution is -2.33. The molecule has 1 saturated heterocycles. The van der Waals surface area contributed by atoms with E-state index in [4.69, 9.17) is 0 Å². The van der Waals surface area contributed by atoms with Crippen LogP contribution in [-0.2, 0) is 16.0 Å². The van der Waals surface area contributed by atoms with Crippen LogP contribution in [0.4, 0.5) is 9.93 Å². The van der Waals surface area contributed by atoms with Crippen molar-refractivity contribution in [2.45, 2.75) is 25.3 Å². The van der Waals surface area contributed by atoms with Crippen LogP contribution in [0.3, 0.4) is 0 Å². The van der Waals surface area contributed by atoms with Crippen molar-refractivity contribution < 1.29 is 14.4 Å². The van der Waals surface area contributed by atoms with Crippen LogP contribution in [0.5, 0.6) is 0 Å². The van der Waals surface area contributed by atoms with Crippen molar-refractivity contribution in [3.05, 3.63) is 47.5 Å². The second kappa shape index (κ2) is 7.89. The molecule has 0 spiro atoms. The van der Waals surface area contributed by atoms with Gasteiger partial charge in [0.1, 0.15) is 6.04 Å². The average molecular weight is 358 g/mol. The van der Waals surface area contributed by atoms with Crippen molar-refractivity contribution in [2.24, 2.45) is 0 Å². The molecular formula is C17H18N4O3S. The molecule has 1 aromatic carbocycles. The molecule has 1 aliphatic heterocycles. The zero-order chi connectivity index (χ0) is 17.6. The van der Waals surface area contributed by atoms with Gasteiger partial charge >= 0.3 is 6.03 Å². The lowest BCUT2D eigenvalue weighted by molar-refractivity contribution is -0.127.